The lowest BCUT2D eigenvalue weighted by Gasteiger charge is -2.26. The fourth-order valence-electron chi connectivity index (χ4n) is 3.49. The number of hydrogen-bond donors (Lipinski definition) is 0. The summed E-state index contributed by atoms with van der Waals surface area (Å²) in [5, 5.41) is 7.74. The van der Waals surface area contributed by atoms with Crippen molar-refractivity contribution in [2.75, 3.05) is 18.6 Å². The summed E-state index contributed by atoms with van der Waals surface area (Å²) < 4.78 is 19.5. The molecule has 0 aliphatic carbocycles. The molecule has 0 bridgehead atoms. The first-order valence-corrected chi connectivity index (χ1v) is 8.87. The van der Waals surface area contributed by atoms with E-state index in [1.807, 2.05) is 25.0 Å². The summed E-state index contributed by atoms with van der Waals surface area (Å²) in [6, 6.07) is 6.84. The molecule has 0 spiro atoms. The van der Waals surface area contributed by atoms with Gasteiger partial charge < -0.3 is 4.74 Å². The number of rotatable bonds is 2. The third-order valence-electron chi connectivity index (χ3n) is 4.68. The highest BCUT2D eigenvalue weighted by Gasteiger charge is 2.36. The average molecular weight is 345 g/mol. The van der Waals surface area contributed by atoms with Crippen molar-refractivity contribution in [2.24, 2.45) is 5.10 Å². The van der Waals surface area contributed by atoms with Gasteiger partial charge in [-0.2, -0.15) is 5.10 Å². The molecule has 0 saturated carbocycles. The molecular weight excluding hydrogens is 325 g/mol. The van der Waals surface area contributed by atoms with Crippen LogP contribution < -0.4 is 4.90 Å². The highest BCUT2D eigenvalue weighted by Crippen LogP contribution is 2.41. The zero-order chi connectivity index (χ0) is 16.8. The molecule has 2 aliphatic rings. The van der Waals surface area contributed by atoms with Crippen molar-refractivity contribution in [1.82, 2.24) is 5.01 Å². The van der Waals surface area contributed by atoms with E-state index in [1.165, 1.54) is 27.1 Å². The molecule has 0 amide bonds. The van der Waals surface area contributed by atoms with Gasteiger partial charge in [0.1, 0.15) is 22.8 Å². The van der Waals surface area contributed by atoms with E-state index in [9.17, 15) is 4.39 Å². The van der Waals surface area contributed by atoms with Gasteiger partial charge in [0, 0.05) is 17.5 Å². The van der Waals surface area contributed by atoms with Crippen LogP contribution in [0, 0.1) is 12.7 Å². The van der Waals surface area contributed by atoms with Crippen LogP contribution in [0.2, 0.25) is 0 Å². The molecule has 1 aromatic carbocycles. The van der Waals surface area contributed by atoms with Crippen molar-refractivity contribution in [2.45, 2.75) is 33.0 Å². The normalized spacial score (nSPS) is 19.8. The Morgan fingerprint density at radius 2 is 2.21 bits per heavy atom. The Labute approximate surface area is 145 Å². The Kier molecular flexibility index (Phi) is 3.81. The molecular formula is C18H20FN3OS. The first kappa shape index (κ1) is 15.6. The minimum absolute atomic E-state index is 0.117. The molecule has 126 valence electrons. The molecule has 0 N–H and O–H groups in total. The van der Waals surface area contributed by atoms with E-state index >= 15 is 0 Å². The second-order valence-electron chi connectivity index (χ2n) is 6.31. The quantitative estimate of drug-likeness (QED) is 0.830. The summed E-state index contributed by atoms with van der Waals surface area (Å²) in [7, 11) is 1.98. The van der Waals surface area contributed by atoms with Crippen molar-refractivity contribution in [1.29, 1.82) is 0 Å². The van der Waals surface area contributed by atoms with E-state index in [1.54, 1.807) is 23.5 Å². The van der Waals surface area contributed by atoms with Crippen LogP contribution in [-0.2, 0) is 17.8 Å². The summed E-state index contributed by atoms with van der Waals surface area (Å²) in [4.78, 5) is 3.53. The number of halogens is 1. The summed E-state index contributed by atoms with van der Waals surface area (Å²) in [5.74, 6) is 0.805. The van der Waals surface area contributed by atoms with E-state index < -0.39 is 0 Å². The van der Waals surface area contributed by atoms with Crippen molar-refractivity contribution in [3.05, 3.63) is 51.7 Å². The van der Waals surface area contributed by atoms with Gasteiger partial charge in [0.25, 0.3) is 0 Å². The Morgan fingerprint density at radius 1 is 1.38 bits per heavy atom. The molecule has 3 heterocycles. The third kappa shape index (κ3) is 2.50. The van der Waals surface area contributed by atoms with Crippen LogP contribution in [-0.4, -0.2) is 30.7 Å². The number of thiophene rings is 1. The number of benzene rings is 1. The van der Waals surface area contributed by atoms with E-state index in [4.69, 9.17) is 4.74 Å². The highest BCUT2D eigenvalue weighted by atomic mass is 32.1. The smallest absolute Gasteiger partial charge is 0.147 e. The van der Waals surface area contributed by atoms with E-state index in [2.05, 4.69) is 16.9 Å². The molecule has 2 aliphatic heterocycles. The summed E-state index contributed by atoms with van der Waals surface area (Å²) >= 11 is 1.78. The lowest BCUT2D eigenvalue weighted by Crippen LogP contribution is -2.42. The number of anilines is 1. The van der Waals surface area contributed by atoms with Gasteiger partial charge in [0.15, 0.2) is 0 Å². The minimum Gasteiger partial charge on any atom is -0.372 e. The molecule has 4 nitrogen and oxygen atoms in total. The molecule has 0 saturated heterocycles. The second-order valence-corrected chi connectivity index (χ2v) is 7.52. The fraction of sp³-hybridized carbons (Fsp3) is 0.389. The van der Waals surface area contributed by atoms with Crippen LogP contribution in [0.5, 0.6) is 0 Å². The fourth-order valence-corrected chi connectivity index (χ4v) is 4.76. The molecule has 2 aromatic rings. The van der Waals surface area contributed by atoms with Gasteiger partial charge in [-0.15, -0.1) is 11.3 Å². The van der Waals surface area contributed by atoms with Crippen molar-refractivity contribution in [3.8, 4) is 0 Å². The van der Waals surface area contributed by atoms with E-state index in [0.717, 1.165) is 17.8 Å². The molecule has 0 fully saturated rings. The minimum atomic E-state index is -0.188. The number of likely N-dealkylation sites (N-methyl/N-ethyl adjacent to an activating group) is 1. The van der Waals surface area contributed by atoms with Gasteiger partial charge in [0.2, 0.25) is 0 Å². The highest BCUT2D eigenvalue weighted by molar-refractivity contribution is 7.16. The predicted molar refractivity (Wildman–Crippen MR) is 95.1 cm³/mol. The molecule has 4 rings (SSSR count). The monoisotopic (exact) mass is 345 g/mol. The Hall–Kier alpha value is -1.92. The first-order chi connectivity index (χ1) is 11.5. The van der Waals surface area contributed by atoms with Crippen LogP contribution in [0.25, 0.3) is 0 Å². The number of nitrogens with zero attached hydrogens (tertiary/aromatic N) is 3. The van der Waals surface area contributed by atoms with Gasteiger partial charge in [-0.1, -0.05) is 12.1 Å². The lowest BCUT2D eigenvalue weighted by atomic mass is 10.0. The maximum absolute atomic E-state index is 13.5. The van der Waals surface area contributed by atoms with Gasteiger partial charge >= 0.3 is 0 Å². The largest absolute Gasteiger partial charge is 0.372 e. The van der Waals surface area contributed by atoms with Gasteiger partial charge in [-0.25, -0.2) is 4.39 Å². The van der Waals surface area contributed by atoms with E-state index in [0.29, 0.717) is 13.2 Å². The van der Waals surface area contributed by atoms with Gasteiger partial charge in [-0.3, -0.25) is 9.91 Å². The standard InChI is InChI=1S/C18H20FN3OS/c1-11-15(8-13-5-4-6-14(19)7-13)16-9-23-10-17-21(3)20-12(2)22(17)18(16)24-11/h4-7,17H,8-10H2,1-3H3. The first-order valence-electron chi connectivity index (χ1n) is 8.05. The molecule has 1 aromatic heterocycles. The van der Waals surface area contributed by atoms with Crippen LogP contribution in [0.1, 0.15) is 28.5 Å². The van der Waals surface area contributed by atoms with Crippen LogP contribution in [0.4, 0.5) is 9.39 Å². The van der Waals surface area contributed by atoms with Crippen LogP contribution in [0.15, 0.2) is 29.4 Å². The second kappa shape index (κ2) is 5.86. The Bertz CT molecular complexity index is 817. The van der Waals surface area contributed by atoms with Gasteiger partial charge in [0.05, 0.1) is 13.2 Å². The predicted octanol–water partition coefficient (Wildman–Crippen LogP) is 3.73. The number of ether oxygens (including phenoxy) is 1. The Balaban J connectivity index is 1.75. The topological polar surface area (TPSA) is 28.1 Å². The molecule has 0 radical (unpaired) electrons. The number of hydrazone groups is 1. The molecule has 1 atom stereocenters. The Morgan fingerprint density at radius 3 is 3.00 bits per heavy atom. The average Bonchev–Trinajstić information content (AvgIpc) is 2.89. The number of fused-ring (bicyclic) bond motifs is 3. The van der Waals surface area contributed by atoms with Crippen LogP contribution >= 0.6 is 11.3 Å². The lowest BCUT2D eigenvalue weighted by molar-refractivity contribution is 0.0766. The zero-order valence-electron chi connectivity index (χ0n) is 14.0. The maximum atomic E-state index is 13.5. The number of hydrogen-bond acceptors (Lipinski definition) is 5. The molecule has 6 heteroatoms. The maximum Gasteiger partial charge on any atom is 0.147 e. The third-order valence-corrected chi connectivity index (χ3v) is 5.87. The van der Waals surface area contributed by atoms with Crippen molar-refractivity contribution >= 4 is 22.2 Å². The summed E-state index contributed by atoms with van der Waals surface area (Å²) in [6.45, 7) is 5.39. The zero-order valence-corrected chi connectivity index (χ0v) is 14.9. The number of amidine groups is 1. The van der Waals surface area contributed by atoms with Crippen molar-refractivity contribution in [3.63, 3.8) is 0 Å². The molecule has 1 unspecified atom stereocenters. The SMILES string of the molecule is CC1=NN(C)C2COCc3c(sc(C)c3Cc3cccc(F)c3)N12. The molecule has 24 heavy (non-hydrogen) atoms. The van der Waals surface area contributed by atoms with Crippen molar-refractivity contribution < 1.29 is 9.13 Å². The summed E-state index contributed by atoms with van der Waals surface area (Å²) in [5.41, 5.74) is 3.46. The summed E-state index contributed by atoms with van der Waals surface area (Å²) in [6.07, 6.45) is 0.842. The number of aryl methyl sites for hydroxylation is 1. The van der Waals surface area contributed by atoms with Gasteiger partial charge in [-0.05, 0) is 43.5 Å². The van der Waals surface area contributed by atoms with E-state index in [-0.39, 0.29) is 12.0 Å². The van der Waals surface area contributed by atoms with Crippen LogP contribution in [0.3, 0.4) is 0 Å².